The van der Waals surface area contributed by atoms with E-state index in [1.54, 1.807) is 0 Å². The van der Waals surface area contributed by atoms with Crippen LogP contribution in [0.25, 0.3) is 77.2 Å². The van der Waals surface area contributed by atoms with E-state index in [9.17, 15) is 0 Å². The summed E-state index contributed by atoms with van der Waals surface area (Å²) in [5, 5.41) is 4.97. The Morgan fingerprint density at radius 3 is 1.30 bits per heavy atom. The van der Waals surface area contributed by atoms with E-state index in [-0.39, 0.29) is 0 Å². The maximum absolute atomic E-state index is 2.48. The minimum Gasteiger partial charge on any atom is -0.309 e. The smallest absolute Gasteiger partial charge is 0.0552 e. The van der Waals surface area contributed by atoms with Crippen LogP contribution in [0.3, 0.4) is 0 Å². The summed E-state index contributed by atoms with van der Waals surface area (Å²) in [5.74, 6) is 0. The van der Waals surface area contributed by atoms with E-state index < -0.39 is 10.0 Å². The van der Waals surface area contributed by atoms with E-state index in [0.717, 1.165) is 11.4 Å². The van der Waals surface area contributed by atoms with Crippen LogP contribution >= 0.6 is 10.0 Å². The van der Waals surface area contributed by atoms with E-state index >= 15 is 0 Å². The van der Waals surface area contributed by atoms with Gasteiger partial charge in [0.15, 0.2) is 0 Å². The molecule has 0 aliphatic heterocycles. The molecule has 0 saturated heterocycles. The van der Waals surface area contributed by atoms with E-state index in [1.807, 2.05) is 0 Å². The lowest BCUT2D eigenvalue weighted by atomic mass is 10.0. The lowest BCUT2D eigenvalue weighted by Crippen LogP contribution is -2.05. The van der Waals surface area contributed by atoms with E-state index in [0.29, 0.717) is 0 Å². The van der Waals surface area contributed by atoms with Gasteiger partial charge in [0.2, 0.25) is 0 Å². The van der Waals surface area contributed by atoms with Gasteiger partial charge in [0.25, 0.3) is 0 Å². The molecule has 0 unspecified atom stereocenters. The van der Waals surface area contributed by atoms with Gasteiger partial charge in [-0.2, -0.15) is 0 Å². The summed E-state index contributed by atoms with van der Waals surface area (Å²) in [6.07, 6.45) is 0. The van der Waals surface area contributed by atoms with Crippen LogP contribution in [0.2, 0.25) is 0 Å². The zero-order valence-corrected chi connectivity index (χ0v) is 35.4. The highest BCUT2D eigenvalue weighted by atomic mass is 32.3. The molecular formula is C60H42N2S. The monoisotopic (exact) mass is 822 g/mol. The first-order valence-corrected chi connectivity index (χ1v) is 23.2. The molecular weight excluding hydrogens is 781 g/mol. The van der Waals surface area contributed by atoms with E-state index in [4.69, 9.17) is 0 Å². The molecule has 2 heterocycles. The molecule has 0 bridgehead atoms. The Hall–Kier alpha value is -7.85. The summed E-state index contributed by atoms with van der Waals surface area (Å²) >= 11 is 0. The number of hydrogen-bond donors (Lipinski definition) is 0. The summed E-state index contributed by atoms with van der Waals surface area (Å²) in [5.41, 5.74) is 11.8. The normalized spacial score (nSPS) is 12.1. The van der Waals surface area contributed by atoms with Crippen LogP contribution in [0.4, 0.5) is 0 Å². The lowest BCUT2D eigenvalue weighted by Gasteiger charge is -2.42. The quantitative estimate of drug-likeness (QED) is 0.144. The van der Waals surface area contributed by atoms with Crippen molar-refractivity contribution in [3.8, 4) is 33.6 Å². The Morgan fingerprint density at radius 2 is 0.683 bits per heavy atom. The number of para-hydroxylation sites is 1. The minimum absolute atomic E-state index is 1.13. The Balaban J connectivity index is 1.19. The van der Waals surface area contributed by atoms with Crippen molar-refractivity contribution in [1.82, 2.24) is 9.13 Å². The van der Waals surface area contributed by atoms with Crippen molar-refractivity contribution >= 4 is 53.6 Å². The van der Waals surface area contributed by atoms with Crippen molar-refractivity contribution in [2.75, 3.05) is 0 Å². The van der Waals surface area contributed by atoms with Crippen molar-refractivity contribution in [2.45, 2.75) is 19.6 Å². The fourth-order valence-electron chi connectivity index (χ4n) is 9.86. The molecule has 63 heavy (non-hydrogen) atoms. The van der Waals surface area contributed by atoms with E-state index in [1.165, 1.54) is 85.4 Å². The van der Waals surface area contributed by atoms with Gasteiger partial charge in [-0.3, -0.25) is 0 Å². The van der Waals surface area contributed by atoms with Crippen LogP contribution in [0.5, 0.6) is 0 Å². The topological polar surface area (TPSA) is 9.86 Å². The van der Waals surface area contributed by atoms with Crippen molar-refractivity contribution in [2.24, 2.45) is 0 Å². The molecule has 0 fully saturated rings. The predicted molar refractivity (Wildman–Crippen MR) is 266 cm³/mol. The molecule has 0 spiro atoms. The highest BCUT2D eigenvalue weighted by Gasteiger charge is 2.36. The first-order chi connectivity index (χ1) is 31.3. The van der Waals surface area contributed by atoms with Gasteiger partial charge in [-0.15, -0.1) is 10.0 Å². The van der Waals surface area contributed by atoms with Crippen LogP contribution in [0, 0.1) is 0 Å². The van der Waals surface area contributed by atoms with Crippen LogP contribution in [0.1, 0.15) is 0 Å². The Bertz CT molecular complexity index is 3480. The lowest BCUT2D eigenvalue weighted by molar-refractivity contribution is 1.16. The van der Waals surface area contributed by atoms with Gasteiger partial charge in [0, 0.05) is 52.5 Å². The SMILES string of the molecule is c1ccc(-c2ccc(-n3c4ccc(-n5c6ccccc6c6cc(-c7ccccc7)ccc65)cc4c4c(S(c5ccccc5)(c5ccccc5)c5ccccc5)cccc43)cc2)cc1. The highest BCUT2D eigenvalue weighted by Crippen LogP contribution is 2.75. The second-order valence-corrected chi connectivity index (χ2v) is 19.2. The first-order valence-electron chi connectivity index (χ1n) is 21.6. The van der Waals surface area contributed by atoms with Crippen molar-refractivity contribution in [3.05, 3.63) is 255 Å². The molecule has 10 aromatic carbocycles. The molecule has 0 atom stereocenters. The third-order valence-corrected chi connectivity index (χ3v) is 16.6. The maximum atomic E-state index is 2.48. The Labute approximate surface area is 368 Å². The predicted octanol–water partition coefficient (Wildman–Crippen LogP) is 16.6. The van der Waals surface area contributed by atoms with Gasteiger partial charge in [0.05, 0.1) is 22.1 Å². The molecule has 3 heteroatoms. The van der Waals surface area contributed by atoms with Crippen molar-refractivity contribution < 1.29 is 0 Å². The molecule has 12 rings (SSSR count). The molecule has 2 aromatic heterocycles. The summed E-state index contributed by atoms with van der Waals surface area (Å²) in [6, 6.07) is 94.0. The van der Waals surface area contributed by atoms with Gasteiger partial charge in [-0.05, 0) is 119 Å². The molecule has 0 radical (unpaired) electrons. The standard InChI is InChI=1S/C60H42N2S/c1-6-19-43(20-7-1)45-33-36-47(37-34-45)61-57-40-38-48(62-55-30-17-16-29-52(55)53-41-46(35-39-56(53)62)44-21-8-2-9-22-44)42-54(57)60-58(61)31-18-32-59(60)63(49-23-10-3-11-24-49,50-25-12-4-13-26-50)51-27-14-5-15-28-51/h1-42H. The van der Waals surface area contributed by atoms with Gasteiger partial charge in [-0.25, -0.2) is 0 Å². The number of hydrogen-bond acceptors (Lipinski definition) is 0. The Morgan fingerprint density at radius 1 is 0.254 bits per heavy atom. The average molecular weight is 823 g/mol. The van der Waals surface area contributed by atoms with Gasteiger partial charge in [-0.1, -0.05) is 158 Å². The highest BCUT2D eigenvalue weighted by molar-refractivity contribution is 8.34. The van der Waals surface area contributed by atoms with Crippen molar-refractivity contribution in [3.63, 3.8) is 0 Å². The molecule has 0 N–H and O–H groups in total. The molecule has 298 valence electrons. The Kier molecular flexibility index (Phi) is 8.95. The summed E-state index contributed by atoms with van der Waals surface area (Å²) < 4.78 is 4.95. The third-order valence-electron chi connectivity index (χ3n) is 12.6. The van der Waals surface area contributed by atoms with Crippen LogP contribution in [0.15, 0.2) is 274 Å². The van der Waals surface area contributed by atoms with Crippen molar-refractivity contribution in [1.29, 1.82) is 0 Å². The zero-order chi connectivity index (χ0) is 41.7. The summed E-state index contributed by atoms with van der Waals surface area (Å²) in [6.45, 7) is 0. The van der Waals surface area contributed by atoms with Gasteiger partial charge < -0.3 is 9.13 Å². The fourth-order valence-corrected chi connectivity index (χ4v) is 13.9. The van der Waals surface area contributed by atoms with Crippen LogP contribution < -0.4 is 0 Å². The second-order valence-electron chi connectivity index (χ2n) is 16.1. The number of aromatic nitrogens is 2. The molecule has 12 aromatic rings. The largest absolute Gasteiger partial charge is 0.309 e. The van der Waals surface area contributed by atoms with Gasteiger partial charge in [0.1, 0.15) is 0 Å². The van der Waals surface area contributed by atoms with Gasteiger partial charge >= 0.3 is 0 Å². The molecule has 2 nitrogen and oxygen atoms in total. The minimum atomic E-state index is -2.03. The number of rotatable bonds is 8. The van der Waals surface area contributed by atoms with E-state index in [2.05, 4.69) is 264 Å². The van der Waals surface area contributed by atoms with Crippen LogP contribution in [-0.4, -0.2) is 9.13 Å². The molecule has 0 amide bonds. The molecule has 0 saturated carbocycles. The number of fused-ring (bicyclic) bond motifs is 6. The molecule has 0 aliphatic carbocycles. The number of nitrogens with zero attached hydrogens (tertiary/aromatic N) is 2. The number of benzene rings is 10. The zero-order valence-electron chi connectivity index (χ0n) is 34.6. The summed E-state index contributed by atoms with van der Waals surface area (Å²) in [7, 11) is -2.03. The summed E-state index contributed by atoms with van der Waals surface area (Å²) in [4.78, 5) is 5.22. The second kappa shape index (κ2) is 15.3. The average Bonchev–Trinajstić information content (AvgIpc) is 3.88. The van der Waals surface area contributed by atoms with Crippen LogP contribution in [-0.2, 0) is 0 Å². The fraction of sp³-hybridized carbons (Fsp3) is 0. The maximum Gasteiger partial charge on any atom is 0.0552 e. The third kappa shape index (κ3) is 5.96. The first kappa shape index (κ1) is 37.0. The molecule has 0 aliphatic rings.